The molecule has 6 aromatic rings. The first kappa shape index (κ1) is 44.3. The molecule has 2 N–H and O–H groups in total. The number of nitro benzene ring substituents is 1. The van der Waals surface area contributed by atoms with E-state index in [-0.39, 0.29) is 29.8 Å². The number of benzene rings is 3. The number of nitro groups is 1. The third-order valence-electron chi connectivity index (χ3n) is 12.6. The van der Waals surface area contributed by atoms with Gasteiger partial charge >= 0.3 is 5.69 Å². The summed E-state index contributed by atoms with van der Waals surface area (Å²) in [4.78, 5) is 38.7. The number of ether oxygens (including phenoxy) is 1. The Morgan fingerprint density at radius 3 is 2.49 bits per heavy atom. The van der Waals surface area contributed by atoms with E-state index in [4.69, 9.17) is 16.3 Å². The highest BCUT2D eigenvalue weighted by molar-refractivity contribution is 7.90. The lowest BCUT2D eigenvalue weighted by Gasteiger charge is -2.39. The molecule has 0 saturated carbocycles. The predicted octanol–water partition coefficient (Wildman–Crippen LogP) is 6.78. The molecule has 340 valence electrons. The van der Waals surface area contributed by atoms with Crippen molar-refractivity contribution in [2.75, 3.05) is 57.0 Å². The van der Waals surface area contributed by atoms with Crippen molar-refractivity contribution in [3.05, 3.63) is 117 Å². The second-order valence-electron chi connectivity index (χ2n) is 17.7. The Bertz CT molecular complexity index is 3110. The molecule has 0 spiro atoms. The number of fused-ring (bicyclic) bond motifs is 2. The minimum atomic E-state index is -4.68. The Balaban J connectivity index is 0.978. The van der Waals surface area contributed by atoms with Crippen molar-refractivity contribution in [3.8, 4) is 11.4 Å². The largest absolute Gasteiger partial charge is 0.482 e. The van der Waals surface area contributed by atoms with Gasteiger partial charge < -0.3 is 9.64 Å². The van der Waals surface area contributed by atoms with Gasteiger partial charge in [0.25, 0.3) is 15.9 Å². The molecule has 2 fully saturated rings. The number of halogens is 1. The number of nitrogens with one attached hydrogen (secondary N) is 2. The molecule has 1 atom stereocenters. The molecule has 17 nitrogen and oxygen atoms in total. The van der Waals surface area contributed by atoms with Crippen LogP contribution in [-0.2, 0) is 20.0 Å². The van der Waals surface area contributed by atoms with Gasteiger partial charge in [0.2, 0.25) is 10.0 Å². The van der Waals surface area contributed by atoms with Crippen molar-refractivity contribution in [3.63, 3.8) is 0 Å². The van der Waals surface area contributed by atoms with E-state index in [1.807, 2.05) is 30.3 Å². The summed E-state index contributed by atoms with van der Waals surface area (Å²) in [6.45, 7) is 8.72. The van der Waals surface area contributed by atoms with Crippen LogP contribution in [0, 0.1) is 15.5 Å². The van der Waals surface area contributed by atoms with Crippen LogP contribution in [0.15, 0.2) is 95.7 Å². The summed E-state index contributed by atoms with van der Waals surface area (Å²) in [5.41, 5.74) is 6.56. The number of amides is 1. The fourth-order valence-corrected chi connectivity index (χ4v) is 11.0. The van der Waals surface area contributed by atoms with Gasteiger partial charge in [0, 0.05) is 73.8 Å². The van der Waals surface area contributed by atoms with Gasteiger partial charge in [0.1, 0.15) is 11.6 Å². The van der Waals surface area contributed by atoms with Crippen molar-refractivity contribution in [2.45, 2.75) is 50.5 Å². The van der Waals surface area contributed by atoms with Gasteiger partial charge in [-0.25, -0.2) is 31.5 Å². The topological polar surface area (TPSA) is 206 Å². The standard InChI is InChI=1S/C45H48ClN9O8S2/c1-45(2)15-12-31(37(25-45)29-4-6-32(46)7-5-29)27-51-18-20-52(21-19-51)33-8-10-36(39(23-33)54-40-22-30-13-16-47-43(30)49-38(40)26-48-54)44(56)50-65(61,62)35-9-11-42(41(24-35)55(57)58)63-34-14-17-53(28-34)64(3,59)60/h4-11,13,16,22-24,26,34,48H,12,14-15,17-21,25,27-28H2,1-3H3,(H,50,56)/t34-/m0/s1. The lowest BCUT2D eigenvalue weighted by molar-refractivity contribution is -0.386. The van der Waals surface area contributed by atoms with Crippen LogP contribution in [0.2, 0.25) is 5.02 Å². The highest BCUT2D eigenvalue weighted by Crippen LogP contribution is 2.43. The van der Waals surface area contributed by atoms with Crippen LogP contribution in [-0.4, -0.2) is 115 Å². The maximum Gasteiger partial charge on any atom is 0.312 e. The number of carbonyl (C=O) groups is 1. The quantitative estimate of drug-likeness (QED) is 0.0963. The first-order valence-electron chi connectivity index (χ1n) is 21.3. The molecule has 2 saturated heterocycles. The van der Waals surface area contributed by atoms with Crippen LogP contribution in [0.5, 0.6) is 5.75 Å². The van der Waals surface area contributed by atoms with Gasteiger partial charge in [0.15, 0.2) is 11.4 Å². The van der Waals surface area contributed by atoms with Gasteiger partial charge in [-0.15, -0.1) is 0 Å². The molecule has 65 heavy (non-hydrogen) atoms. The molecular weight excluding hydrogens is 894 g/mol. The van der Waals surface area contributed by atoms with E-state index in [1.165, 1.54) is 21.0 Å². The molecule has 2 aliphatic heterocycles. The van der Waals surface area contributed by atoms with Crippen molar-refractivity contribution in [1.82, 2.24) is 33.7 Å². The Morgan fingerprint density at radius 2 is 1.77 bits per heavy atom. The number of sulfonamides is 2. The fourth-order valence-electron chi connectivity index (χ4n) is 9.02. The summed E-state index contributed by atoms with van der Waals surface area (Å²) in [5.74, 6) is -1.19. The zero-order valence-corrected chi connectivity index (χ0v) is 38.4. The molecule has 20 heteroatoms. The van der Waals surface area contributed by atoms with Crippen molar-refractivity contribution < 1.29 is 31.3 Å². The minimum absolute atomic E-state index is 0.00807. The Kier molecular flexibility index (Phi) is 11.7. The predicted molar refractivity (Wildman–Crippen MR) is 249 cm³/mol. The molecule has 0 unspecified atom stereocenters. The first-order valence-corrected chi connectivity index (χ1v) is 25.0. The van der Waals surface area contributed by atoms with E-state index in [9.17, 15) is 31.7 Å². The van der Waals surface area contributed by atoms with Crippen LogP contribution in [0.4, 0.5) is 11.4 Å². The number of piperazine rings is 1. The van der Waals surface area contributed by atoms with Gasteiger partial charge in [0.05, 0.1) is 39.4 Å². The van der Waals surface area contributed by atoms with E-state index >= 15 is 0 Å². The second kappa shape index (κ2) is 17.2. The zero-order chi connectivity index (χ0) is 45.8. The number of H-pyrrole nitrogens is 1. The first-order chi connectivity index (χ1) is 30.9. The lowest BCUT2D eigenvalue weighted by atomic mass is 9.72. The molecule has 9 rings (SSSR count). The smallest absolute Gasteiger partial charge is 0.312 e. The third-order valence-corrected chi connectivity index (χ3v) is 15.4. The number of carbonyl (C=O) groups excluding carboxylic acids is 1. The number of hydrogen-bond acceptors (Lipinski definition) is 12. The number of rotatable bonds is 12. The van der Waals surface area contributed by atoms with Gasteiger partial charge in [-0.1, -0.05) is 43.2 Å². The monoisotopic (exact) mass is 941 g/mol. The highest BCUT2D eigenvalue weighted by Gasteiger charge is 2.34. The molecule has 0 bridgehead atoms. The summed E-state index contributed by atoms with van der Waals surface area (Å²) < 4.78 is 62.5. The van der Waals surface area contributed by atoms with E-state index in [0.29, 0.717) is 41.9 Å². The fraction of sp³-hybridized carbons (Fsp3) is 0.356. The number of nitrogens with zero attached hydrogens (tertiary/aromatic N) is 7. The highest BCUT2D eigenvalue weighted by atomic mass is 35.5. The van der Waals surface area contributed by atoms with Crippen molar-refractivity contribution in [1.29, 1.82) is 0 Å². The van der Waals surface area contributed by atoms with E-state index < -0.39 is 47.6 Å². The van der Waals surface area contributed by atoms with Gasteiger partial charge in [-0.05, 0) is 96.8 Å². The number of anilines is 1. The maximum atomic E-state index is 14.2. The van der Waals surface area contributed by atoms with Crippen LogP contribution in [0.3, 0.4) is 0 Å². The molecule has 5 heterocycles. The number of hydrogen-bond donors (Lipinski definition) is 2. The number of aromatic amines is 1. The average Bonchev–Trinajstić information content (AvgIpc) is 4.04. The molecule has 1 aliphatic carbocycles. The van der Waals surface area contributed by atoms with Gasteiger partial charge in [-0.3, -0.25) is 29.6 Å². The molecule has 3 aromatic heterocycles. The number of pyridine rings is 1. The van der Waals surface area contributed by atoms with E-state index in [1.54, 1.807) is 29.2 Å². The molecule has 0 radical (unpaired) electrons. The zero-order valence-electron chi connectivity index (χ0n) is 36.0. The van der Waals surface area contributed by atoms with Crippen LogP contribution < -0.4 is 14.4 Å². The molecular formula is C45H48ClN9O8S2. The normalized spacial score (nSPS) is 18.7. The average molecular weight is 943 g/mol. The Hall–Kier alpha value is -5.86. The molecule has 1 amide bonds. The summed E-state index contributed by atoms with van der Waals surface area (Å²) in [6, 6.07) is 20.1. The maximum absolute atomic E-state index is 14.2. The van der Waals surface area contributed by atoms with Gasteiger partial charge in [-0.2, -0.15) is 4.31 Å². The number of aromatic nitrogens is 4. The second-order valence-corrected chi connectivity index (χ2v) is 21.8. The Labute approximate surface area is 381 Å². The van der Waals surface area contributed by atoms with E-state index in [2.05, 4.69) is 55.6 Å². The van der Waals surface area contributed by atoms with Crippen LogP contribution >= 0.6 is 11.6 Å². The van der Waals surface area contributed by atoms with Crippen molar-refractivity contribution in [2.24, 2.45) is 5.41 Å². The SMILES string of the molecule is CC1(C)CCC(CN2CCN(c3ccc(C(=O)NS(=O)(=O)c4ccc(O[C@H]5CCN(S(C)(=O)=O)C5)c([N+](=O)[O-])c4)c(-n4[nH]cc5nc6nccc6cc54)c3)CC2)=C(c2ccc(Cl)cc2)C1. The van der Waals surface area contributed by atoms with Crippen LogP contribution in [0.25, 0.3) is 33.3 Å². The van der Waals surface area contributed by atoms with E-state index in [0.717, 1.165) is 79.4 Å². The molecule has 3 aromatic carbocycles. The van der Waals surface area contributed by atoms with Crippen molar-refractivity contribution >= 4 is 76.6 Å². The number of allylic oxidation sites excluding steroid dienone is 1. The summed E-state index contributed by atoms with van der Waals surface area (Å²) in [7, 11) is -8.17. The summed E-state index contributed by atoms with van der Waals surface area (Å²) >= 11 is 6.25. The minimum Gasteiger partial charge on any atom is -0.482 e. The lowest BCUT2D eigenvalue weighted by Crippen LogP contribution is -2.47. The third kappa shape index (κ3) is 9.33. The summed E-state index contributed by atoms with van der Waals surface area (Å²) in [5, 5.41) is 16.9. The van der Waals surface area contributed by atoms with Crippen LogP contribution in [0.1, 0.15) is 55.5 Å². The molecule has 3 aliphatic rings. The Morgan fingerprint density at radius 1 is 1.00 bits per heavy atom. The summed E-state index contributed by atoms with van der Waals surface area (Å²) in [6.07, 6.45) is 7.16.